The number of nitrogens with one attached hydrogen (secondary N) is 1. The monoisotopic (exact) mass is 605 g/mol. The van der Waals surface area contributed by atoms with E-state index >= 15 is 0 Å². The fourth-order valence-corrected chi connectivity index (χ4v) is 5.73. The first-order chi connectivity index (χ1) is 21.1. The Morgan fingerprint density at radius 1 is 0.674 bits per heavy atom. The maximum Gasteiger partial charge on any atom is 0.530 e. The molecule has 0 unspecified atom stereocenters. The van der Waals surface area contributed by atoms with Gasteiger partial charge in [-0.25, -0.2) is 4.57 Å². The van der Waals surface area contributed by atoms with E-state index in [9.17, 15) is 9.36 Å². The fraction of sp³-hybridized carbons (Fsp3) is 0.417. The second-order valence-corrected chi connectivity index (χ2v) is 12.3. The minimum atomic E-state index is -4.05. The third-order valence-electron chi connectivity index (χ3n) is 7.00. The molecule has 0 heterocycles. The molecule has 232 valence electrons. The second-order valence-electron chi connectivity index (χ2n) is 10.7. The molecule has 0 bridgehead atoms. The van der Waals surface area contributed by atoms with Crippen LogP contribution in [0.1, 0.15) is 95.1 Å². The lowest BCUT2D eigenvalue weighted by molar-refractivity contribution is -0.116. The summed E-state index contributed by atoms with van der Waals surface area (Å²) < 4.78 is 31.2. The number of amides is 1. The minimum absolute atomic E-state index is 0.0523. The lowest BCUT2D eigenvalue weighted by Gasteiger charge is -2.20. The summed E-state index contributed by atoms with van der Waals surface area (Å²) in [7, 11) is -4.05. The van der Waals surface area contributed by atoms with Gasteiger partial charge in [-0.05, 0) is 55.4 Å². The van der Waals surface area contributed by atoms with Gasteiger partial charge < -0.3 is 9.84 Å². The summed E-state index contributed by atoms with van der Waals surface area (Å²) in [6, 6.07) is 25.8. The van der Waals surface area contributed by atoms with E-state index in [4.69, 9.17) is 13.6 Å². The van der Waals surface area contributed by atoms with Crippen molar-refractivity contribution < 1.29 is 22.9 Å². The zero-order valence-corrected chi connectivity index (χ0v) is 26.5. The van der Waals surface area contributed by atoms with Gasteiger partial charge in [-0.15, -0.1) is 0 Å². The van der Waals surface area contributed by atoms with Gasteiger partial charge in [-0.1, -0.05) is 130 Å². The molecule has 0 aliphatic heterocycles. The van der Waals surface area contributed by atoms with Crippen LogP contribution in [0.2, 0.25) is 0 Å². The summed E-state index contributed by atoms with van der Waals surface area (Å²) >= 11 is 0. The molecule has 0 aliphatic rings. The standard InChI is InChI=1S/C36H48NO5P/c1-2-3-4-5-6-7-8-9-10-11-12-13-20-29-36(38)37-34-27-21-22-28-35(34)42-43(39,40-30-32-23-16-14-17-24-32)41-31-33-25-18-15-19-26-33/h7-8,14-19,21-28H,2-6,9-13,20,29-31H2,1H3,(H,37,38)/b8-7-. The molecule has 0 saturated carbocycles. The first-order valence-electron chi connectivity index (χ1n) is 15.8. The van der Waals surface area contributed by atoms with Crippen molar-refractivity contribution in [2.24, 2.45) is 0 Å². The number of anilines is 1. The number of hydrogen-bond donors (Lipinski definition) is 1. The van der Waals surface area contributed by atoms with E-state index in [1.54, 1.807) is 24.3 Å². The quantitative estimate of drug-likeness (QED) is 0.0701. The first-order valence-corrected chi connectivity index (χ1v) is 17.2. The normalized spacial score (nSPS) is 11.6. The molecule has 0 fully saturated rings. The number of rotatable bonds is 22. The molecular weight excluding hydrogens is 557 g/mol. The summed E-state index contributed by atoms with van der Waals surface area (Å²) in [6.45, 7) is 2.35. The second kappa shape index (κ2) is 20.7. The van der Waals surface area contributed by atoms with Gasteiger partial charge in [0, 0.05) is 6.42 Å². The van der Waals surface area contributed by atoms with Crippen LogP contribution in [-0.4, -0.2) is 5.91 Å². The predicted octanol–water partition coefficient (Wildman–Crippen LogP) is 10.8. The lowest BCUT2D eigenvalue weighted by Crippen LogP contribution is -2.12. The Labute approximate surface area is 258 Å². The van der Waals surface area contributed by atoms with Gasteiger partial charge >= 0.3 is 7.82 Å². The van der Waals surface area contributed by atoms with Crippen LogP contribution in [0.5, 0.6) is 5.75 Å². The van der Waals surface area contributed by atoms with Gasteiger partial charge in [0.25, 0.3) is 0 Å². The molecule has 1 amide bonds. The Bertz CT molecular complexity index is 1200. The molecule has 0 aromatic heterocycles. The van der Waals surface area contributed by atoms with Gasteiger partial charge in [0.15, 0.2) is 5.75 Å². The van der Waals surface area contributed by atoms with Crippen molar-refractivity contribution in [3.05, 3.63) is 108 Å². The summed E-state index contributed by atoms with van der Waals surface area (Å²) in [5.74, 6) is 0.131. The molecule has 7 heteroatoms. The molecule has 0 atom stereocenters. The number of unbranched alkanes of at least 4 members (excludes halogenated alkanes) is 9. The van der Waals surface area contributed by atoms with E-state index in [1.165, 1.54) is 44.9 Å². The van der Waals surface area contributed by atoms with Crippen molar-refractivity contribution >= 4 is 19.4 Å². The topological polar surface area (TPSA) is 73.9 Å². The number of para-hydroxylation sites is 2. The van der Waals surface area contributed by atoms with Crippen LogP contribution in [0.4, 0.5) is 5.69 Å². The highest BCUT2D eigenvalue weighted by atomic mass is 31.2. The molecule has 3 aromatic rings. The van der Waals surface area contributed by atoms with Gasteiger partial charge in [0.1, 0.15) is 0 Å². The van der Waals surface area contributed by atoms with Crippen molar-refractivity contribution in [2.45, 2.75) is 97.2 Å². The number of carbonyl (C=O) groups excluding carboxylic acids is 1. The predicted molar refractivity (Wildman–Crippen MR) is 176 cm³/mol. The average molecular weight is 606 g/mol. The summed E-state index contributed by atoms with van der Waals surface area (Å²) in [5.41, 5.74) is 2.11. The largest absolute Gasteiger partial charge is 0.530 e. The Hall–Kier alpha value is -3.18. The van der Waals surface area contributed by atoms with E-state index in [1.807, 2.05) is 60.7 Å². The molecule has 0 radical (unpaired) electrons. The molecule has 6 nitrogen and oxygen atoms in total. The van der Waals surface area contributed by atoms with E-state index in [0.29, 0.717) is 12.1 Å². The van der Waals surface area contributed by atoms with Crippen LogP contribution in [0.25, 0.3) is 0 Å². The number of hydrogen-bond acceptors (Lipinski definition) is 5. The Morgan fingerprint density at radius 3 is 1.79 bits per heavy atom. The van der Waals surface area contributed by atoms with E-state index in [0.717, 1.165) is 36.8 Å². The van der Waals surface area contributed by atoms with Crippen LogP contribution in [0.3, 0.4) is 0 Å². The van der Waals surface area contributed by atoms with Crippen LogP contribution >= 0.6 is 7.82 Å². The maximum absolute atomic E-state index is 13.8. The molecule has 3 aromatic carbocycles. The van der Waals surface area contributed by atoms with Crippen molar-refractivity contribution in [3.63, 3.8) is 0 Å². The SMILES string of the molecule is CCCCCC/C=C\CCCCCCCC(=O)Nc1ccccc1OP(=O)(OCc1ccccc1)OCc1ccccc1. The van der Waals surface area contributed by atoms with E-state index in [-0.39, 0.29) is 24.9 Å². The van der Waals surface area contributed by atoms with Crippen molar-refractivity contribution in [1.29, 1.82) is 0 Å². The zero-order valence-electron chi connectivity index (χ0n) is 25.6. The fourth-order valence-electron chi connectivity index (χ4n) is 4.53. The average Bonchev–Trinajstić information content (AvgIpc) is 3.03. The maximum atomic E-state index is 13.8. The number of allylic oxidation sites excluding steroid dienone is 2. The number of phosphoric ester groups is 1. The molecule has 0 saturated heterocycles. The highest BCUT2D eigenvalue weighted by molar-refractivity contribution is 7.48. The summed E-state index contributed by atoms with van der Waals surface area (Å²) in [4.78, 5) is 12.7. The van der Waals surface area contributed by atoms with Crippen molar-refractivity contribution in [1.82, 2.24) is 0 Å². The number of carbonyl (C=O) groups is 1. The van der Waals surface area contributed by atoms with Crippen LogP contribution in [-0.2, 0) is 31.6 Å². The minimum Gasteiger partial charge on any atom is -0.402 e. The van der Waals surface area contributed by atoms with E-state index < -0.39 is 7.82 Å². The van der Waals surface area contributed by atoms with Crippen LogP contribution in [0, 0.1) is 0 Å². The molecule has 0 aliphatic carbocycles. The van der Waals surface area contributed by atoms with Gasteiger partial charge in [-0.3, -0.25) is 13.8 Å². The number of phosphoric acid groups is 1. The van der Waals surface area contributed by atoms with Gasteiger partial charge in [0.05, 0.1) is 18.9 Å². The Balaban J connectivity index is 1.45. The number of benzene rings is 3. The van der Waals surface area contributed by atoms with Crippen molar-refractivity contribution in [3.8, 4) is 5.75 Å². The first kappa shape index (κ1) is 34.3. The third-order valence-corrected chi connectivity index (χ3v) is 8.31. The molecule has 0 spiro atoms. The molecule has 1 N–H and O–H groups in total. The van der Waals surface area contributed by atoms with Gasteiger partial charge in [0.2, 0.25) is 5.91 Å². The summed E-state index contributed by atoms with van der Waals surface area (Å²) in [5, 5.41) is 2.92. The van der Waals surface area contributed by atoms with Crippen LogP contribution in [0.15, 0.2) is 97.1 Å². The highest BCUT2D eigenvalue weighted by Crippen LogP contribution is 2.52. The Morgan fingerprint density at radius 2 is 1.19 bits per heavy atom. The summed E-state index contributed by atoms with van der Waals surface area (Å²) in [6.07, 6.45) is 18.0. The molecular formula is C36H48NO5P. The highest BCUT2D eigenvalue weighted by Gasteiger charge is 2.30. The van der Waals surface area contributed by atoms with Gasteiger partial charge in [-0.2, -0.15) is 0 Å². The zero-order chi connectivity index (χ0) is 30.4. The Kier molecular flexibility index (Phi) is 16.5. The van der Waals surface area contributed by atoms with E-state index in [2.05, 4.69) is 24.4 Å². The lowest BCUT2D eigenvalue weighted by atomic mass is 10.1. The third kappa shape index (κ3) is 14.7. The molecule has 43 heavy (non-hydrogen) atoms. The van der Waals surface area contributed by atoms with Crippen molar-refractivity contribution in [2.75, 3.05) is 5.32 Å². The smallest absolute Gasteiger partial charge is 0.402 e. The van der Waals surface area contributed by atoms with Crippen LogP contribution < -0.4 is 9.84 Å². The molecule has 3 rings (SSSR count).